The second-order valence-corrected chi connectivity index (χ2v) is 7.16. The number of nitrogens with zero attached hydrogens (tertiary/aromatic N) is 3. The number of benzene rings is 1. The molecule has 2 N–H and O–H groups in total. The minimum Gasteiger partial charge on any atom is -0.396 e. The number of aliphatic hydroxyl groups is 1. The number of rotatable bonds is 6. The smallest absolute Gasteiger partial charge is 0.396 e. The molecular formula is C19H17Cl2F3N4O. The molecule has 0 fully saturated rings. The summed E-state index contributed by atoms with van der Waals surface area (Å²) in [5.41, 5.74) is 0.332. The summed E-state index contributed by atoms with van der Waals surface area (Å²) in [6.45, 7) is 1.52. The lowest BCUT2D eigenvalue weighted by Gasteiger charge is -2.22. The van der Waals surface area contributed by atoms with Gasteiger partial charge in [0.25, 0.3) is 0 Å². The van der Waals surface area contributed by atoms with Crippen molar-refractivity contribution in [2.45, 2.75) is 32.0 Å². The van der Waals surface area contributed by atoms with Crippen molar-refractivity contribution in [2.75, 3.05) is 11.9 Å². The van der Waals surface area contributed by atoms with Gasteiger partial charge in [-0.3, -0.25) is 0 Å². The summed E-state index contributed by atoms with van der Waals surface area (Å²) in [5.74, 6) is 0.335. The topological polar surface area (TPSA) is 70.9 Å². The highest BCUT2D eigenvalue weighted by Gasteiger charge is 2.34. The average molecular weight is 445 g/mol. The highest BCUT2D eigenvalue weighted by Crippen LogP contribution is 2.37. The van der Waals surface area contributed by atoms with Gasteiger partial charge in [0, 0.05) is 12.0 Å². The molecule has 0 saturated heterocycles. The van der Waals surface area contributed by atoms with Gasteiger partial charge >= 0.3 is 6.18 Å². The SMILES string of the molecule is C[C@@H](Nc1nc(Cl)nc2cnc(Cl)cc12)c1cccc(C(F)(F)F)c1CCCO. The van der Waals surface area contributed by atoms with E-state index in [1.54, 1.807) is 19.1 Å². The number of alkyl halides is 3. The normalized spacial score (nSPS) is 12.9. The predicted molar refractivity (Wildman–Crippen MR) is 106 cm³/mol. The number of pyridine rings is 1. The molecule has 1 atom stereocenters. The third-order valence-electron chi connectivity index (χ3n) is 4.44. The molecule has 0 bridgehead atoms. The Bertz CT molecular complexity index is 1030. The van der Waals surface area contributed by atoms with E-state index in [9.17, 15) is 13.2 Å². The maximum Gasteiger partial charge on any atom is 0.416 e. The quantitative estimate of drug-likeness (QED) is 0.390. The Morgan fingerprint density at radius 1 is 1.21 bits per heavy atom. The Labute approximate surface area is 174 Å². The molecule has 5 nitrogen and oxygen atoms in total. The molecule has 10 heteroatoms. The zero-order valence-electron chi connectivity index (χ0n) is 15.3. The maximum atomic E-state index is 13.5. The summed E-state index contributed by atoms with van der Waals surface area (Å²) in [4.78, 5) is 12.2. The molecule has 0 aliphatic heterocycles. The first-order valence-corrected chi connectivity index (χ1v) is 9.51. The number of aliphatic hydroxyl groups excluding tert-OH is 1. The summed E-state index contributed by atoms with van der Waals surface area (Å²) in [7, 11) is 0. The third kappa shape index (κ3) is 4.88. The van der Waals surface area contributed by atoms with Crippen LogP contribution in [0.2, 0.25) is 10.4 Å². The molecule has 0 aliphatic rings. The van der Waals surface area contributed by atoms with Crippen molar-refractivity contribution in [3.63, 3.8) is 0 Å². The van der Waals surface area contributed by atoms with Crippen LogP contribution in [0.1, 0.15) is 36.1 Å². The number of hydrogen-bond acceptors (Lipinski definition) is 5. The Kier molecular flexibility index (Phi) is 6.45. The molecule has 154 valence electrons. The molecule has 2 heterocycles. The van der Waals surface area contributed by atoms with Crippen molar-refractivity contribution >= 4 is 39.9 Å². The first-order valence-electron chi connectivity index (χ1n) is 8.76. The largest absolute Gasteiger partial charge is 0.416 e. The van der Waals surface area contributed by atoms with Crippen LogP contribution < -0.4 is 5.32 Å². The highest BCUT2D eigenvalue weighted by atomic mass is 35.5. The van der Waals surface area contributed by atoms with Gasteiger partial charge in [0.05, 0.1) is 23.3 Å². The number of halogens is 5. The molecule has 29 heavy (non-hydrogen) atoms. The van der Waals surface area contributed by atoms with E-state index in [0.29, 0.717) is 22.3 Å². The number of hydrogen-bond donors (Lipinski definition) is 2. The van der Waals surface area contributed by atoms with Gasteiger partial charge in [-0.1, -0.05) is 23.7 Å². The molecule has 0 unspecified atom stereocenters. The van der Waals surface area contributed by atoms with Crippen molar-refractivity contribution in [3.8, 4) is 0 Å². The van der Waals surface area contributed by atoms with E-state index in [2.05, 4.69) is 20.3 Å². The van der Waals surface area contributed by atoms with Crippen LogP contribution in [0.4, 0.5) is 19.0 Å². The van der Waals surface area contributed by atoms with E-state index < -0.39 is 17.8 Å². The van der Waals surface area contributed by atoms with Gasteiger partial charge in [-0.25, -0.2) is 15.0 Å². The summed E-state index contributed by atoms with van der Waals surface area (Å²) in [6.07, 6.45) is -2.74. The van der Waals surface area contributed by atoms with Gasteiger partial charge in [0.2, 0.25) is 5.28 Å². The maximum absolute atomic E-state index is 13.5. The highest BCUT2D eigenvalue weighted by molar-refractivity contribution is 6.30. The van der Waals surface area contributed by atoms with Gasteiger partial charge in [0.1, 0.15) is 11.0 Å². The van der Waals surface area contributed by atoms with E-state index >= 15 is 0 Å². The lowest BCUT2D eigenvalue weighted by atomic mass is 9.92. The van der Waals surface area contributed by atoms with Crippen molar-refractivity contribution in [2.24, 2.45) is 0 Å². The summed E-state index contributed by atoms with van der Waals surface area (Å²) in [6, 6.07) is 5.06. The van der Waals surface area contributed by atoms with Gasteiger partial charge in [-0.2, -0.15) is 13.2 Å². The zero-order valence-corrected chi connectivity index (χ0v) is 16.8. The van der Waals surface area contributed by atoms with Gasteiger partial charge in [-0.15, -0.1) is 0 Å². The number of anilines is 1. The van der Waals surface area contributed by atoms with Crippen LogP contribution in [0.5, 0.6) is 0 Å². The van der Waals surface area contributed by atoms with Crippen LogP contribution >= 0.6 is 23.2 Å². The van der Waals surface area contributed by atoms with E-state index in [-0.39, 0.29) is 35.4 Å². The number of aromatic nitrogens is 3. The fraction of sp³-hybridized carbons (Fsp3) is 0.316. The van der Waals surface area contributed by atoms with Gasteiger partial charge in [-0.05, 0) is 54.6 Å². The molecule has 0 amide bonds. The Hall–Kier alpha value is -2.16. The third-order valence-corrected chi connectivity index (χ3v) is 4.82. The van der Waals surface area contributed by atoms with Crippen LogP contribution in [0, 0.1) is 0 Å². The van der Waals surface area contributed by atoms with Crippen LogP contribution in [0.25, 0.3) is 10.9 Å². The van der Waals surface area contributed by atoms with Crippen LogP contribution in [-0.4, -0.2) is 26.7 Å². The van der Waals surface area contributed by atoms with Crippen molar-refractivity contribution in [1.29, 1.82) is 0 Å². The predicted octanol–water partition coefficient (Wildman–Crippen LogP) is 5.45. The summed E-state index contributed by atoms with van der Waals surface area (Å²) in [5, 5.41) is 13.0. The van der Waals surface area contributed by atoms with E-state index in [1.165, 1.54) is 12.3 Å². The molecule has 3 rings (SSSR count). The van der Waals surface area contributed by atoms with E-state index in [1.807, 2.05) is 0 Å². The standard InChI is InChI=1S/C19H17Cl2F3N4O/c1-10(11-4-2-6-14(19(22,23)24)12(11)5-3-7-29)26-17-13-8-16(20)25-9-15(13)27-18(21)28-17/h2,4,6,8-10,29H,3,5,7H2,1H3,(H,26,27,28)/t10-/m1/s1. The lowest BCUT2D eigenvalue weighted by Crippen LogP contribution is -2.16. The second-order valence-electron chi connectivity index (χ2n) is 6.43. The van der Waals surface area contributed by atoms with Crippen LogP contribution in [0.3, 0.4) is 0 Å². The molecule has 0 spiro atoms. The molecule has 1 aromatic carbocycles. The Morgan fingerprint density at radius 2 is 1.97 bits per heavy atom. The molecule has 0 saturated carbocycles. The zero-order chi connectivity index (χ0) is 21.2. The minimum atomic E-state index is -4.50. The molecule has 0 aliphatic carbocycles. The Balaban J connectivity index is 2.05. The summed E-state index contributed by atoms with van der Waals surface area (Å²) >= 11 is 11.9. The second kappa shape index (κ2) is 8.69. The van der Waals surface area contributed by atoms with Crippen molar-refractivity contribution < 1.29 is 18.3 Å². The van der Waals surface area contributed by atoms with Gasteiger partial charge in [0.15, 0.2) is 0 Å². The fourth-order valence-corrected chi connectivity index (χ4v) is 3.52. The first kappa shape index (κ1) is 21.5. The van der Waals surface area contributed by atoms with Crippen LogP contribution in [-0.2, 0) is 12.6 Å². The van der Waals surface area contributed by atoms with Gasteiger partial charge < -0.3 is 10.4 Å². The van der Waals surface area contributed by atoms with E-state index in [4.69, 9.17) is 28.3 Å². The first-order chi connectivity index (χ1) is 13.7. The van der Waals surface area contributed by atoms with E-state index in [0.717, 1.165) is 6.07 Å². The van der Waals surface area contributed by atoms with Crippen molar-refractivity contribution in [3.05, 3.63) is 57.6 Å². The van der Waals surface area contributed by atoms with Crippen molar-refractivity contribution in [1.82, 2.24) is 15.0 Å². The number of fused-ring (bicyclic) bond motifs is 1. The monoisotopic (exact) mass is 444 g/mol. The van der Waals surface area contributed by atoms with Crippen LogP contribution in [0.15, 0.2) is 30.5 Å². The molecule has 0 radical (unpaired) electrons. The fourth-order valence-electron chi connectivity index (χ4n) is 3.18. The Morgan fingerprint density at radius 3 is 2.66 bits per heavy atom. The average Bonchev–Trinajstić information content (AvgIpc) is 2.65. The molecule has 2 aromatic heterocycles. The number of nitrogens with one attached hydrogen (secondary N) is 1. The summed E-state index contributed by atoms with van der Waals surface area (Å²) < 4.78 is 40.5. The minimum absolute atomic E-state index is 0.0270. The molecule has 3 aromatic rings. The lowest BCUT2D eigenvalue weighted by molar-refractivity contribution is -0.138. The molecular weight excluding hydrogens is 428 g/mol.